The molecule has 0 bridgehead atoms. The summed E-state index contributed by atoms with van der Waals surface area (Å²) in [5, 5.41) is 12.2. The number of nitrogens with zero attached hydrogens (tertiary/aromatic N) is 2. The number of halogens is 1. The molecule has 1 aliphatic rings. The predicted octanol–water partition coefficient (Wildman–Crippen LogP) is 1.82. The summed E-state index contributed by atoms with van der Waals surface area (Å²) >= 11 is 5.85. The number of ether oxygens (including phenoxy) is 1. The van der Waals surface area contributed by atoms with Gasteiger partial charge in [0.1, 0.15) is 5.75 Å². The van der Waals surface area contributed by atoms with Gasteiger partial charge in [0.2, 0.25) is 0 Å². The minimum absolute atomic E-state index is 0.0151. The normalized spacial score (nSPS) is 16.2. The van der Waals surface area contributed by atoms with Crippen molar-refractivity contribution >= 4 is 17.5 Å². The number of hydrogen-bond acceptors (Lipinski definition) is 4. The number of nitrogens with one attached hydrogen (secondary N) is 1. The molecule has 1 aromatic carbocycles. The number of hydrogen-bond donors (Lipinski definition) is 1. The Kier molecular flexibility index (Phi) is 5.85. The van der Waals surface area contributed by atoms with E-state index < -0.39 is 0 Å². The molecule has 0 aromatic heterocycles. The van der Waals surface area contributed by atoms with Crippen LogP contribution in [-0.4, -0.2) is 43.1 Å². The van der Waals surface area contributed by atoms with Crippen LogP contribution >= 0.6 is 11.6 Å². The molecule has 1 saturated heterocycles. The van der Waals surface area contributed by atoms with Gasteiger partial charge in [-0.1, -0.05) is 17.7 Å². The second-order valence-electron chi connectivity index (χ2n) is 5.02. The highest BCUT2D eigenvalue weighted by Crippen LogP contribution is 2.17. The minimum atomic E-state index is -0.131. The number of rotatable bonds is 5. The van der Waals surface area contributed by atoms with E-state index in [-0.39, 0.29) is 18.6 Å². The van der Waals surface area contributed by atoms with E-state index in [1.807, 2.05) is 0 Å². The van der Waals surface area contributed by atoms with Gasteiger partial charge < -0.3 is 10.1 Å². The van der Waals surface area contributed by atoms with Gasteiger partial charge in [-0.05, 0) is 31.0 Å². The molecule has 0 spiro atoms. The lowest BCUT2D eigenvalue weighted by Gasteiger charge is -2.30. The molecule has 1 fully saturated rings. The summed E-state index contributed by atoms with van der Waals surface area (Å²) in [5.74, 6) is 0.454. The topological polar surface area (TPSA) is 65.4 Å². The SMILES string of the molecule is N#CCN1CCC(NC(=O)COc2cccc(Cl)c2)CC1. The van der Waals surface area contributed by atoms with Gasteiger partial charge in [-0.3, -0.25) is 9.69 Å². The summed E-state index contributed by atoms with van der Waals surface area (Å²) in [6.07, 6.45) is 1.73. The molecule has 0 aliphatic carbocycles. The molecular formula is C15H18ClN3O2. The van der Waals surface area contributed by atoms with Crippen molar-refractivity contribution in [3.05, 3.63) is 29.3 Å². The van der Waals surface area contributed by atoms with Crippen LogP contribution in [0.2, 0.25) is 5.02 Å². The molecule has 1 N–H and O–H groups in total. The molecule has 0 unspecified atom stereocenters. The van der Waals surface area contributed by atoms with Crippen LogP contribution < -0.4 is 10.1 Å². The molecule has 2 rings (SSSR count). The van der Waals surface area contributed by atoms with Crippen LogP contribution in [-0.2, 0) is 4.79 Å². The van der Waals surface area contributed by atoms with E-state index in [0.29, 0.717) is 17.3 Å². The average molecular weight is 308 g/mol. The van der Waals surface area contributed by atoms with Crippen molar-refractivity contribution in [2.75, 3.05) is 26.2 Å². The van der Waals surface area contributed by atoms with E-state index in [1.54, 1.807) is 24.3 Å². The Morgan fingerprint density at radius 1 is 1.48 bits per heavy atom. The molecule has 112 valence electrons. The largest absolute Gasteiger partial charge is 0.484 e. The highest BCUT2D eigenvalue weighted by molar-refractivity contribution is 6.30. The van der Waals surface area contributed by atoms with E-state index in [1.165, 1.54) is 0 Å². The van der Waals surface area contributed by atoms with Crippen molar-refractivity contribution < 1.29 is 9.53 Å². The number of carbonyl (C=O) groups is 1. The Morgan fingerprint density at radius 3 is 2.90 bits per heavy atom. The van der Waals surface area contributed by atoms with Crippen molar-refractivity contribution in [1.82, 2.24) is 10.2 Å². The summed E-state index contributed by atoms with van der Waals surface area (Å²) < 4.78 is 5.40. The zero-order chi connectivity index (χ0) is 15.1. The lowest BCUT2D eigenvalue weighted by atomic mass is 10.1. The molecule has 1 aliphatic heterocycles. The van der Waals surface area contributed by atoms with Crippen molar-refractivity contribution in [2.45, 2.75) is 18.9 Å². The minimum Gasteiger partial charge on any atom is -0.484 e. The fraction of sp³-hybridized carbons (Fsp3) is 0.467. The monoisotopic (exact) mass is 307 g/mol. The molecule has 1 heterocycles. The summed E-state index contributed by atoms with van der Waals surface area (Å²) in [5.41, 5.74) is 0. The number of carbonyl (C=O) groups excluding carboxylic acids is 1. The van der Waals surface area contributed by atoms with Gasteiger partial charge in [0.05, 0.1) is 12.6 Å². The summed E-state index contributed by atoms with van der Waals surface area (Å²) in [7, 11) is 0. The fourth-order valence-electron chi connectivity index (χ4n) is 2.31. The van der Waals surface area contributed by atoms with Crippen LogP contribution in [0.15, 0.2) is 24.3 Å². The lowest BCUT2D eigenvalue weighted by molar-refractivity contribution is -0.124. The Bertz CT molecular complexity index is 522. The molecule has 21 heavy (non-hydrogen) atoms. The average Bonchev–Trinajstić information content (AvgIpc) is 2.48. The molecule has 0 saturated carbocycles. The van der Waals surface area contributed by atoms with Gasteiger partial charge in [0, 0.05) is 24.2 Å². The zero-order valence-corrected chi connectivity index (χ0v) is 12.5. The van der Waals surface area contributed by atoms with Crippen LogP contribution in [0.1, 0.15) is 12.8 Å². The Balaban J connectivity index is 1.70. The Morgan fingerprint density at radius 2 is 2.24 bits per heavy atom. The maximum absolute atomic E-state index is 11.8. The van der Waals surface area contributed by atoms with E-state index >= 15 is 0 Å². The number of nitriles is 1. The first kappa shape index (κ1) is 15.6. The van der Waals surface area contributed by atoms with Crippen molar-refractivity contribution in [2.24, 2.45) is 0 Å². The van der Waals surface area contributed by atoms with Gasteiger partial charge in [0.15, 0.2) is 6.61 Å². The van der Waals surface area contributed by atoms with Gasteiger partial charge in [-0.25, -0.2) is 0 Å². The maximum Gasteiger partial charge on any atom is 0.258 e. The molecule has 6 heteroatoms. The zero-order valence-electron chi connectivity index (χ0n) is 11.7. The van der Waals surface area contributed by atoms with Gasteiger partial charge in [0.25, 0.3) is 5.91 Å². The molecule has 1 aromatic rings. The highest BCUT2D eigenvalue weighted by atomic mass is 35.5. The van der Waals surface area contributed by atoms with E-state index in [4.69, 9.17) is 21.6 Å². The van der Waals surface area contributed by atoms with Crippen molar-refractivity contribution in [1.29, 1.82) is 5.26 Å². The summed E-state index contributed by atoms with van der Waals surface area (Å²) in [4.78, 5) is 13.9. The Labute approximate surface area is 129 Å². The van der Waals surface area contributed by atoms with Crippen LogP contribution in [0, 0.1) is 11.3 Å². The van der Waals surface area contributed by atoms with Gasteiger partial charge >= 0.3 is 0 Å². The predicted molar refractivity (Wildman–Crippen MR) is 80.2 cm³/mol. The maximum atomic E-state index is 11.8. The summed E-state index contributed by atoms with van der Waals surface area (Å²) in [6, 6.07) is 9.28. The Hall–Kier alpha value is -1.77. The second-order valence-corrected chi connectivity index (χ2v) is 5.46. The standard InChI is InChI=1S/C15H18ClN3O2/c16-12-2-1-3-14(10-12)21-11-15(20)18-13-4-7-19(8-5-13)9-6-17/h1-3,10,13H,4-5,7-9,11H2,(H,18,20). The molecule has 0 radical (unpaired) electrons. The third-order valence-corrected chi connectivity index (χ3v) is 3.65. The fourth-order valence-corrected chi connectivity index (χ4v) is 2.49. The van der Waals surface area contributed by atoms with Gasteiger partial charge in [-0.15, -0.1) is 0 Å². The number of piperidine rings is 1. The van der Waals surface area contributed by atoms with Crippen LogP contribution in [0.5, 0.6) is 5.75 Å². The third kappa shape index (κ3) is 5.25. The second kappa shape index (κ2) is 7.87. The molecule has 0 atom stereocenters. The quantitative estimate of drug-likeness (QED) is 0.843. The lowest BCUT2D eigenvalue weighted by Crippen LogP contribution is -2.45. The van der Waals surface area contributed by atoms with Crippen LogP contribution in [0.4, 0.5) is 0 Å². The number of likely N-dealkylation sites (tertiary alicyclic amines) is 1. The first-order valence-electron chi connectivity index (χ1n) is 6.94. The first-order chi connectivity index (χ1) is 10.2. The third-order valence-electron chi connectivity index (χ3n) is 3.41. The van der Waals surface area contributed by atoms with Crippen molar-refractivity contribution in [3.8, 4) is 11.8 Å². The van der Waals surface area contributed by atoms with E-state index in [0.717, 1.165) is 25.9 Å². The molecule has 5 nitrogen and oxygen atoms in total. The van der Waals surface area contributed by atoms with Crippen molar-refractivity contribution in [3.63, 3.8) is 0 Å². The smallest absolute Gasteiger partial charge is 0.258 e. The molecule has 1 amide bonds. The molecular weight excluding hydrogens is 290 g/mol. The first-order valence-corrected chi connectivity index (χ1v) is 7.32. The van der Waals surface area contributed by atoms with E-state index in [2.05, 4.69) is 16.3 Å². The number of amides is 1. The van der Waals surface area contributed by atoms with Crippen LogP contribution in [0.3, 0.4) is 0 Å². The van der Waals surface area contributed by atoms with Gasteiger partial charge in [-0.2, -0.15) is 5.26 Å². The highest BCUT2D eigenvalue weighted by Gasteiger charge is 2.20. The summed E-state index contributed by atoms with van der Waals surface area (Å²) in [6.45, 7) is 2.12. The van der Waals surface area contributed by atoms with Crippen LogP contribution in [0.25, 0.3) is 0 Å². The van der Waals surface area contributed by atoms with E-state index in [9.17, 15) is 4.79 Å². The number of benzene rings is 1.